The molecule has 4 atom stereocenters. The topological polar surface area (TPSA) is 94.5 Å². The van der Waals surface area contributed by atoms with Crippen molar-refractivity contribution in [3.05, 3.63) is 33.4 Å². The van der Waals surface area contributed by atoms with Crippen molar-refractivity contribution in [1.29, 1.82) is 0 Å². The van der Waals surface area contributed by atoms with Crippen molar-refractivity contribution in [2.75, 3.05) is 20.3 Å². The Labute approximate surface area is 187 Å². The lowest BCUT2D eigenvalue weighted by Crippen LogP contribution is -2.28. The van der Waals surface area contributed by atoms with Crippen molar-refractivity contribution in [3.63, 3.8) is 0 Å². The highest BCUT2D eigenvalue weighted by molar-refractivity contribution is 14.1. The molecule has 8 nitrogen and oxygen atoms in total. The van der Waals surface area contributed by atoms with Crippen molar-refractivity contribution in [1.82, 2.24) is 5.01 Å². The molecule has 1 aromatic carbocycles. The molecule has 0 aromatic heterocycles. The van der Waals surface area contributed by atoms with Crippen molar-refractivity contribution < 1.29 is 28.6 Å². The fourth-order valence-corrected chi connectivity index (χ4v) is 5.16. The standard InChI is InChI=1S/C21H21IN2O6/c1-3-29-15-7-11(6-14(22)19(15)30-10-16(25)28-2)9-23-24-20(26)17-12-4-5-13(8-12)18(17)21(24)27/h4-7,9,12-13,17-18H,3,8,10H2,1-2H3/t12-,13-,17-,18+/m0/s1. The Kier molecular flexibility index (Phi) is 5.81. The normalized spacial score (nSPS) is 26.6. The molecule has 1 heterocycles. The molecule has 0 spiro atoms. The Bertz CT molecular complexity index is 929. The summed E-state index contributed by atoms with van der Waals surface area (Å²) >= 11 is 2.07. The number of hydrazone groups is 1. The highest BCUT2D eigenvalue weighted by atomic mass is 127. The summed E-state index contributed by atoms with van der Waals surface area (Å²) in [7, 11) is 1.29. The fraction of sp³-hybridized carbons (Fsp3) is 0.429. The Morgan fingerprint density at radius 2 is 1.87 bits per heavy atom. The average molecular weight is 524 g/mol. The number of allylic oxidation sites excluding steroid dienone is 2. The molecule has 0 N–H and O–H groups in total. The number of rotatable bonds is 7. The van der Waals surface area contributed by atoms with Gasteiger partial charge in [0.05, 0.1) is 35.3 Å². The van der Waals surface area contributed by atoms with E-state index in [-0.39, 0.29) is 42.1 Å². The SMILES string of the molecule is CCOc1cc(C=NN2C(=O)[C@@H]3[C@H](C2=O)[C@H]2C=C[C@H]3C2)cc(I)c1OCC(=O)OC. The van der Waals surface area contributed by atoms with Gasteiger partial charge in [0.15, 0.2) is 18.1 Å². The summed E-state index contributed by atoms with van der Waals surface area (Å²) in [6.07, 6.45) is 6.45. The Hall–Kier alpha value is -2.43. The first-order valence-corrected chi connectivity index (χ1v) is 10.8. The van der Waals surface area contributed by atoms with Crippen LogP contribution >= 0.6 is 22.6 Å². The molecule has 1 saturated heterocycles. The van der Waals surface area contributed by atoms with Gasteiger partial charge in [0.2, 0.25) is 0 Å². The smallest absolute Gasteiger partial charge is 0.343 e. The minimum atomic E-state index is -0.501. The van der Waals surface area contributed by atoms with E-state index in [1.54, 1.807) is 12.1 Å². The first-order valence-electron chi connectivity index (χ1n) is 9.70. The number of halogens is 1. The molecular weight excluding hydrogens is 503 g/mol. The number of imide groups is 1. The number of methoxy groups -OCH3 is 1. The predicted molar refractivity (Wildman–Crippen MR) is 115 cm³/mol. The number of carbonyl (C=O) groups is 3. The van der Waals surface area contributed by atoms with Crippen molar-refractivity contribution in [2.45, 2.75) is 13.3 Å². The summed E-state index contributed by atoms with van der Waals surface area (Å²) in [6, 6.07) is 3.47. The third-order valence-electron chi connectivity index (χ3n) is 5.66. The molecule has 1 aromatic rings. The van der Waals surface area contributed by atoms with Crippen LogP contribution in [0.15, 0.2) is 29.4 Å². The number of amides is 2. The molecule has 1 aliphatic heterocycles. The van der Waals surface area contributed by atoms with Gasteiger partial charge in [-0.05, 0) is 65.5 Å². The Balaban J connectivity index is 1.54. The molecule has 2 bridgehead atoms. The minimum absolute atomic E-state index is 0.147. The second kappa shape index (κ2) is 8.37. The van der Waals surface area contributed by atoms with Crippen molar-refractivity contribution in [3.8, 4) is 11.5 Å². The molecule has 2 aliphatic carbocycles. The second-order valence-electron chi connectivity index (χ2n) is 7.36. The van der Waals surface area contributed by atoms with Crippen LogP contribution in [0.25, 0.3) is 0 Å². The van der Waals surface area contributed by atoms with E-state index in [9.17, 15) is 14.4 Å². The third kappa shape index (κ3) is 3.59. The van der Waals surface area contributed by atoms with Crippen molar-refractivity contribution >= 4 is 46.6 Å². The number of hydrogen-bond donors (Lipinski definition) is 0. The van der Waals surface area contributed by atoms with Gasteiger partial charge in [-0.25, -0.2) is 4.79 Å². The summed E-state index contributed by atoms with van der Waals surface area (Å²) in [5.74, 6) is -0.360. The summed E-state index contributed by atoms with van der Waals surface area (Å²) in [6.45, 7) is 1.99. The summed E-state index contributed by atoms with van der Waals surface area (Å²) < 4.78 is 16.5. The van der Waals surface area contributed by atoms with E-state index in [2.05, 4.69) is 32.4 Å². The van der Waals surface area contributed by atoms with Crippen LogP contribution in [0.3, 0.4) is 0 Å². The first kappa shape index (κ1) is 20.8. The fourth-order valence-electron chi connectivity index (χ4n) is 4.38. The lowest BCUT2D eigenvalue weighted by Gasteiger charge is -2.14. The van der Waals surface area contributed by atoms with Gasteiger partial charge >= 0.3 is 5.97 Å². The number of nitrogens with zero attached hydrogens (tertiary/aromatic N) is 2. The zero-order valence-corrected chi connectivity index (χ0v) is 18.7. The van der Waals surface area contributed by atoms with Crippen LogP contribution in [0.4, 0.5) is 0 Å². The number of benzene rings is 1. The Morgan fingerprint density at radius 1 is 1.20 bits per heavy atom. The lowest BCUT2D eigenvalue weighted by molar-refractivity contribution is -0.143. The van der Waals surface area contributed by atoms with Crippen LogP contribution < -0.4 is 9.47 Å². The van der Waals surface area contributed by atoms with E-state index < -0.39 is 5.97 Å². The van der Waals surface area contributed by atoms with Gasteiger partial charge in [-0.15, -0.1) is 0 Å². The first-order chi connectivity index (χ1) is 14.4. The number of fused-ring (bicyclic) bond motifs is 5. The average Bonchev–Trinajstić information content (AvgIpc) is 3.40. The van der Waals surface area contributed by atoms with Gasteiger partial charge in [0.1, 0.15) is 0 Å². The van der Waals surface area contributed by atoms with E-state index in [1.807, 2.05) is 19.1 Å². The molecule has 9 heteroatoms. The van der Waals surface area contributed by atoms with Crippen LogP contribution in [0.2, 0.25) is 0 Å². The zero-order valence-electron chi connectivity index (χ0n) is 16.5. The molecule has 4 rings (SSSR count). The summed E-state index contributed by atoms with van der Waals surface area (Å²) in [5, 5.41) is 5.21. The van der Waals surface area contributed by atoms with E-state index in [0.29, 0.717) is 27.2 Å². The number of ether oxygens (including phenoxy) is 3. The summed E-state index contributed by atoms with van der Waals surface area (Å²) in [5.41, 5.74) is 0.645. The maximum atomic E-state index is 12.7. The van der Waals surface area contributed by atoms with Gasteiger partial charge < -0.3 is 14.2 Å². The van der Waals surface area contributed by atoms with E-state index in [4.69, 9.17) is 9.47 Å². The number of carbonyl (C=O) groups excluding carboxylic acids is 3. The molecular formula is C21H21IN2O6. The molecule has 3 aliphatic rings. The maximum absolute atomic E-state index is 12.7. The highest BCUT2D eigenvalue weighted by Gasteiger charge is 2.59. The zero-order chi connectivity index (χ0) is 21.4. The maximum Gasteiger partial charge on any atom is 0.343 e. The predicted octanol–water partition coefficient (Wildman–Crippen LogP) is 2.38. The molecule has 0 radical (unpaired) electrons. The van der Waals surface area contributed by atoms with Crippen LogP contribution in [-0.2, 0) is 19.1 Å². The van der Waals surface area contributed by atoms with Gasteiger partial charge in [0.25, 0.3) is 11.8 Å². The Morgan fingerprint density at radius 3 is 2.47 bits per heavy atom. The quantitative estimate of drug-likeness (QED) is 0.179. The van der Waals surface area contributed by atoms with E-state index in [1.165, 1.54) is 13.3 Å². The van der Waals surface area contributed by atoms with Crippen LogP contribution in [0.1, 0.15) is 18.9 Å². The van der Waals surface area contributed by atoms with Crippen LogP contribution in [0, 0.1) is 27.2 Å². The monoisotopic (exact) mass is 524 g/mol. The van der Waals surface area contributed by atoms with E-state index in [0.717, 1.165) is 11.4 Å². The molecule has 0 unspecified atom stereocenters. The molecule has 2 amide bonds. The number of esters is 1. The number of hydrogen-bond acceptors (Lipinski definition) is 7. The van der Waals surface area contributed by atoms with Crippen molar-refractivity contribution in [2.24, 2.45) is 28.8 Å². The van der Waals surface area contributed by atoms with E-state index >= 15 is 0 Å². The van der Waals surface area contributed by atoms with Gasteiger partial charge in [-0.2, -0.15) is 10.1 Å². The van der Waals surface area contributed by atoms with Gasteiger partial charge in [0, 0.05) is 0 Å². The lowest BCUT2D eigenvalue weighted by atomic mass is 9.85. The highest BCUT2D eigenvalue weighted by Crippen LogP contribution is 2.52. The molecule has 30 heavy (non-hydrogen) atoms. The van der Waals surface area contributed by atoms with Gasteiger partial charge in [-0.3, -0.25) is 9.59 Å². The summed E-state index contributed by atoms with van der Waals surface area (Å²) in [4.78, 5) is 36.9. The third-order valence-corrected chi connectivity index (χ3v) is 6.46. The second-order valence-corrected chi connectivity index (χ2v) is 8.52. The molecule has 158 valence electrons. The van der Waals surface area contributed by atoms with Gasteiger partial charge in [-0.1, -0.05) is 12.2 Å². The van der Waals surface area contributed by atoms with Crippen LogP contribution in [-0.4, -0.2) is 49.3 Å². The minimum Gasteiger partial charge on any atom is -0.490 e. The molecule has 2 fully saturated rings. The van der Waals surface area contributed by atoms with Crippen LogP contribution in [0.5, 0.6) is 11.5 Å². The molecule has 1 saturated carbocycles. The largest absolute Gasteiger partial charge is 0.490 e.